The van der Waals surface area contributed by atoms with Crippen LogP contribution in [0.25, 0.3) is 0 Å². The predicted molar refractivity (Wildman–Crippen MR) is 117 cm³/mol. The van der Waals surface area contributed by atoms with E-state index in [0.29, 0.717) is 32.6 Å². The van der Waals surface area contributed by atoms with Gasteiger partial charge in [0.2, 0.25) is 11.8 Å². The number of piperazine rings is 1. The number of aryl methyl sites for hydroxylation is 1. The van der Waals surface area contributed by atoms with E-state index in [2.05, 4.69) is 17.4 Å². The Kier molecular flexibility index (Phi) is 8.46. The third-order valence-corrected chi connectivity index (χ3v) is 5.28. The number of benzene rings is 2. The van der Waals surface area contributed by atoms with Crippen LogP contribution < -0.4 is 5.32 Å². The molecule has 0 atom stereocenters. The molecule has 1 heterocycles. The number of hydrogen-bond donors (Lipinski definition) is 1. The van der Waals surface area contributed by atoms with Crippen molar-refractivity contribution in [1.82, 2.24) is 15.1 Å². The lowest BCUT2D eigenvalue weighted by atomic mass is 10.1. The second-order valence-electron chi connectivity index (χ2n) is 7.52. The van der Waals surface area contributed by atoms with E-state index >= 15 is 0 Å². The Balaban J connectivity index is 1.30. The van der Waals surface area contributed by atoms with Gasteiger partial charge in [0.25, 0.3) is 0 Å². The van der Waals surface area contributed by atoms with Crippen molar-refractivity contribution in [1.29, 1.82) is 0 Å². The number of amides is 3. The fourth-order valence-electron chi connectivity index (χ4n) is 3.49. The third kappa shape index (κ3) is 7.44. The van der Waals surface area contributed by atoms with Crippen molar-refractivity contribution in [2.45, 2.75) is 25.9 Å². The molecule has 2 aromatic carbocycles. The van der Waals surface area contributed by atoms with Crippen molar-refractivity contribution in [3.63, 3.8) is 0 Å². The predicted octanol–water partition coefficient (Wildman–Crippen LogP) is 2.61. The zero-order valence-corrected chi connectivity index (χ0v) is 17.7. The normalized spacial score (nSPS) is 13.5. The molecule has 0 bridgehead atoms. The third-order valence-electron chi connectivity index (χ3n) is 5.28. The molecule has 0 radical (unpaired) electrons. The smallest absolute Gasteiger partial charge is 0.407 e. The van der Waals surface area contributed by atoms with Crippen LogP contribution in [0.1, 0.15) is 24.0 Å². The maximum Gasteiger partial charge on any atom is 0.407 e. The molecule has 0 spiro atoms. The van der Waals surface area contributed by atoms with Crippen LogP contribution in [-0.4, -0.2) is 60.4 Å². The molecule has 31 heavy (non-hydrogen) atoms. The van der Waals surface area contributed by atoms with Crippen molar-refractivity contribution < 1.29 is 19.1 Å². The van der Waals surface area contributed by atoms with E-state index in [1.165, 1.54) is 5.56 Å². The molecule has 164 valence electrons. The van der Waals surface area contributed by atoms with Crippen LogP contribution in [0.4, 0.5) is 4.79 Å². The van der Waals surface area contributed by atoms with E-state index in [1.807, 2.05) is 53.4 Å². The second-order valence-corrected chi connectivity index (χ2v) is 7.52. The van der Waals surface area contributed by atoms with E-state index in [0.717, 1.165) is 18.4 Å². The zero-order valence-electron chi connectivity index (χ0n) is 17.7. The Bertz CT molecular complexity index is 850. The summed E-state index contributed by atoms with van der Waals surface area (Å²) in [6, 6.07) is 19.5. The second kappa shape index (κ2) is 11.7. The molecule has 0 saturated carbocycles. The highest BCUT2D eigenvalue weighted by Crippen LogP contribution is 2.09. The highest BCUT2D eigenvalue weighted by Gasteiger charge is 2.24. The summed E-state index contributed by atoms with van der Waals surface area (Å²) in [5.74, 6) is -0.0431. The molecule has 1 saturated heterocycles. The van der Waals surface area contributed by atoms with Crippen molar-refractivity contribution in [3.8, 4) is 0 Å². The Labute approximate surface area is 183 Å². The Morgan fingerprint density at radius 1 is 0.774 bits per heavy atom. The summed E-state index contributed by atoms with van der Waals surface area (Å²) < 4.78 is 5.11. The van der Waals surface area contributed by atoms with Gasteiger partial charge in [-0.1, -0.05) is 60.7 Å². The first-order valence-corrected chi connectivity index (χ1v) is 10.7. The van der Waals surface area contributed by atoms with Gasteiger partial charge in [0.05, 0.1) is 0 Å². The summed E-state index contributed by atoms with van der Waals surface area (Å²) in [5, 5.41) is 2.49. The molecular formula is C24H29N3O4. The van der Waals surface area contributed by atoms with Gasteiger partial charge in [0.1, 0.15) is 13.2 Å². The highest BCUT2D eigenvalue weighted by atomic mass is 16.5. The average Bonchev–Trinajstić information content (AvgIpc) is 2.82. The molecule has 1 aliphatic heterocycles. The molecule has 1 aliphatic rings. The van der Waals surface area contributed by atoms with Crippen molar-refractivity contribution in [2.75, 3.05) is 32.7 Å². The standard InChI is InChI=1S/C24H29N3O4/c28-22(13-7-12-20-8-3-1-4-9-20)26-14-16-27(17-15-26)23(29)18-25-24(30)31-19-21-10-5-2-6-11-21/h1-6,8-11H,7,12-19H2,(H,25,30). The molecule has 7 heteroatoms. The van der Waals surface area contributed by atoms with Crippen LogP contribution in [0.5, 0.6) is 0 Å². The summed E-state index contributed by atoms with van der Waals surface area (Å²) >= 11 is 0. The first-order chi connectivity index (χ1) is 15.1. The van der Waals surface area contributed by atoms with Gasteiger partial charge < -0.3 is 19.9 Å². The van der Waals surface area contributed by atoms with E-state index in [-0.39, 0.29) is 25.0 Å². The summed E-state index contributed by atoms with van der Waals surface area (Å²) in [6.07, 6.45) is 1.59. The maximum atomic E-state index is 12.4. The highest BCUT2D eigenvalue weighted by molar-refractivity contribution is 5.82. The lowest BCUT2D eigenvalue weighted by Gasteiger charge is -2.35. The molecule has 0 aliphatic carbocycles. The molecule has 3 amide bonds. The minimum Gasteiger partial charge on any atom is -0.445 e. The number of hydrogen-bond acceptors (Lipinski definition) is 4. The van der Waals surface area contributed by atoms with Crippen molar-refractivity contribution >= 4 is 17.9 Å². The molecule has 2 aromatic rings. The quantitative estimate of drug-likeness (QED) is 0.708. The number of rotatable bonds is 8. The Morgan fingerprint density at radius 2 is 1.32 bits per heavy atom. The fraction of sp³-hybridized carbons (Fsp3) is 0.375. The van der Waals surface area contributed by atoms with E-state index in [4.69, 9.17) is 4.74 Å². The summed E-state index contributed by atoms with van der Waals surface area (Å²) in [5.41, 5.74) is 2.12. The number of alkyl carbamates (subject to hydrolysis) is 1. The van der Waals surface area contributed by atoms with E-state index < -0.39 is 6.09 Å². The van der Waals surface area contributed by atoms with Gasteiger partial charge in [-0.05, 0) is 24.0 Å². The van der Waals surface area contributed by atoms with Gasteiger partial charge in [-0.15, -0.1) is 0 Å². The Morgan fingerprint density at radius 3 is 1.94 bits per heavy atom. The average molecular weight is 424 g/mol. The van der Waals surface area contributed by atoms with E-state index in [1.54, 1.807) is 4.90 Å². The van der Waals surface area contributed by atoms with Gasteiger partial charge in [-0.2, -0.15) is 0 Å². The molecule has 7 nitrogen and oxygen atoms in total. The SMILES string of the molecule is O=C(NCC(=O)N1CCN(C(=O)CCCc2ccccc2)CC1)OCc1ccccc1. The molecule has 1 fully saturated rings. The van der Waals surface area contributed by atoms with Crippen LogP contribution in [-0.2, 0) is 27.4 Å². The summed E-state index contributed by atoms with van der Waals surface area (Å²) in [6.45, 7) is 2.04. The molecule has 0 unspecified atom stereocenters. The zero-order chi connectivity index (χ0) is 21.9. The fourth-order valence-corrected chi connectivity index (χ4v) is 3.49. The van der Waals surface area contributed by atoms with Gasteiger partial charge in [0, 0.05) is 32.6 Å². The topological polar surface area (TPSA) is 79.0 Å². The molecule has 0 aromatic heterocycles. The minimum atomic E-state index is -0.621. The number of carbonyl (C=O) groups is 3. The van der Waals surface area contributed by atoms with Crippen LogP contribution in [0, 0.1) is 0 Å². The lowest BCUT2D eigenvalue weighted by molar-refractivity contribution is -0.139. The molecule has 3 rings (SSSR count). The monoisotopic (exact) mass is 423 g/mol. The molecular weight excluding hydrogens is 394 g/mol. The van der Waals surface area contributed by atoms with Gasteiger partial charge >= 0.3 is 6.09 Å². The van der Waals surface area contributed by atoms with Gasteiger partial charge in [-0.25, -0.2) is 4.79 Å². The lowest BCUT2D eigenvalue weighted by Crippen LogP contribution is -2.52. The van der Waals surface area contributed by atoms with Crippen LogP contribution in [0.15, 0.2) is 60.7 Å². The van der Waals surface area contributed by atoms with Crippen molar-refractivity contribution in [3.05, 3.63) is 71.8 Å². The van der Waals surface area contributed by atoms with Crippen LogP contribution in [0.2, 0.25) is 0 Å². The van der Waals surface area contributed by atoms with Gasteiger partial charge in [0.15, 0.2) is 0 Å². The maximum absolute atomic E-state index is 12.4. The number of nitrogens with one attached hydrogen (secondary N) is 1. The first kappa shape index (κ1) is 22.3. The number of carbonyl (C=O) groups excluding carboxylic acids is 3. The first-order valence-electron chi connectivity index (χ1n) is 10.7. The van der Waals surface area contributed by atoms with Crippen LogP contribution >= 0.6 is 0 Å². The van der Waals surface area contributed by atoms with E-state index in [9.17, 15) is 14.4 Å². The van der Waals surface area contributed by atoms with Gasteiger partial charge in [-0.3, -0.25) is 9.59 Å². The number of ether oxygens (including phenoxy) is 1. The minimum absolute atomic E-state index is 0.112. The summed E-state index contributed by atoms with van der Waals surface area (Å²) in [4.78, 5) is 40.0. The Hall–Kier alpha value is -3.35. The largest absolute Gasteiger partial charge is 0.445 e. The van der Waals surface area contributed by atoms with Crippen LogP contribution in [0.3, 0.4) is 0 Å². The van der Waals surface area contributed by atoms with Crippen molar-refractivity contribution in [2.24, 2.45) is 0 Å². The molecule has 1 N–H and O–H groups in total. The number of nitrogens with zero attached hydrogens (tertiary/aromatic N) is 2. The summed E-state index contributed by atoms with van der Waals surface area (Å²) in [7, 11) is 0.